The van der Waals surface area contributed by atoms with Crippen LogP contribution in [0.5, 0.6) is 0 Å². The number of hydrogen-bond donors (Lipinski definition) is 1. The predicted molar refractivity (Wildman–Crippen MR) is 151 cm³/mol. The highest BCUT2D eigenvalue weighted by Gasteiger charge is 2.40. The fourth-order valence-electron chi connectivity index (χ4n) is 6.61. The van der Waals surface area contributed by atoms with Gasteiger partial charge in [-0.05, 0) is 83.6 Å². The van der Waals surface area contributed by atoms with Gasteiger partial charge in [0.1, 0.15) is 11.6 Å². The number of hydrogen-bond acceptors (Lipinski definition) is 7. The van der Waals surface area contributed by atoms with E-state index in [1.807, 2.05) is 37.8 Å². The lowest BCUT2D eigenvalue weighted by molar-refractivity contribution is -0.136. The van der Waals surface area contributed by atoms with Gasteiger partial charge in [0.15, 0.2) is 0 Å². The molecule has 218 valence electrons. The molecule has 5 rings (SSSR count). The Bertz CT molecular complexity index is 1160. The molecule has 3 saturated heterocycles. The van der Waals surface area contributed by atoms with Crippen LogP contribution in [-0.4, -0.2) is 95.0 Å². The minimum atomic E-state index is -0.597. The van der Waals surface area contributed by atoms with Gasteiger partial charge in [-0.1, -0.05) is 0 Å². The van der Waals surface area contributed by atoms with Gasteiger partial charge in [0.25, 0.3) is 5.91 Å². The lowest BCUT2D eigenvalue weighted by Gasteiger charge is -2.47. The van der Waals surface area contributed by atoms with E-state index < -0.39 is 11.6 Å². The van der Waals surface area contributed by atoms with Gasteiger partial charge >= 0.3 is 6.09 Å². The van der Waals surface area contributed by atoms with Gasteiger partial charge in [-0.25, -0.2) is 4.79 Å². The number of carbonyl (C=O) groups excluding carboxylic acids is 4. The smallest absolute Gasteiger partial charge is 0.410 e. The highest BCUT2D eigenvalue weighted by molar-refractivity contribution is 6.05. The molecule has 3 atom stereocenters. The van der Waals surface area contributed by atoms with Crippen molar-refractivity contribution in [2.75, 3.05) is 37.6 Å². The maximum Gasteiger partial charge on any atom is 0.410 e. The second-order valence-corrected chi connectivity index (χ2v) is 13.0. The minimum absolute atomic E-state index is 0.139. The minimum Gasteiger partial charge on any atom is -0.444 e. The summed E-state index contributed by atoms with van der Waals surface area (Å²) < 4.78 is 5.55. The van der Waals surface area contributed by atoms with Crippen LogP contribution in [0, 0.1) is 5.92 Å². The molecule has 3 unspecified atom stereocenters. The number of piperidine rings is 2. The van der Waals surface area contributed by atoms with E-state index >= 15 is 0 Å². The lowest BCUT2D eigenvalue weighted by atomic mass is 9.94. The van der Waals surface area contributed by atoms with Crippen LogP contribution in [0.1, 0.15) is 76.2 Å². The quantitative estimate of drug-likeness (QED) is 0.572. The first-order valence-electron chi connectivity index (χ1n) is 14.7. The standard InChI is InChI=1S/C30H43N5O5/c1-19-15-33(16-20(2)34(19)17-21-10-12-32(13-11-21)29(39)40-30(3,4)5)23-6-7-24-22(14-23)18-35(28(24)38)25-8-9-26(36)31-27(25)37/h6-7,14,19-21,25H,8-13,15-18H2,1-5H3,(H,31,36,37). The topological polar surface area (TPSA) is 102 Å². The molecule has 40 heavy (non-hydrogen) atoms. The van der Waals surface area contributed by atoms with Crippen molar-refractivity contribution < 1.29 is 23.9 Å². The Morgan fingerprint density at radius 2 is 1.70 bits per heavy atom. The predicted octanol–water partition coefficient (Wildman–Crippen LogP) is 2.99. The molecule has 3 fully saturated rings. The average molecular weight is 554 g/mol. The fraction of sp³-hybridized carbons (Fsp3) is 0.667. The number of nitrogens with one attached hydrogen (secondary N) is 1. The summed E-state index contributed by atoms with van der Waals surface area (Å²) in [5.41, 5.74) is 2.21. The largest absolute Gasteiger partial charge is 0.444 e. The summed E-state index contributed by atoms with van der Waals surface area (Å²) in [7, 11) is 0. The number of piperazine rings is 1. The van der Waals surface area contributed by atoms with Gasteiger partial charge in [0.05, 0.1) is 0 Å². The van der Waals surface area contributed by atoms with E-state index in [0.29, 0.717) is 36.5 Å². The number of amides is 4. The van der Waals surface area contributed by atoms with Gasteiger partial charge < -0.3 is 19.4 Å². The number of rotatable bonds is 4. The number of fused-ring (bicyclic) bond motifs is 1. The van der Waals surface area contributed by atoms with Crippen LogP contribution in [0.2, 0.25) is 0 Å². The number of nitrogens with zero attached hydrogens (tertiary/aromatic N) is 4. The summed E-state index contributed by atoms with van der Waals surface area (Å²) >= 11 is 0. The molecule has 0 aromatic heterocycles. The fourth-order valence-corrected chi connectivity index (χ4v) is 6.61. The zero-order valence-corrected chi connectivity index (χ0v) is 24.4. The van der Waals surface area contributed by atoms with E-state index in [9.17, 15) is 19.2 Å². The molecule has 4 aliphatic rings. The molecule has 0 saturated carbocycles. The van der Waals surface area contributed by atoms with Crippen molar-refractivity contribution >= 4 is 29.5 Å². The van der Waals surface area contributed by atoms with E-state index in [-0.39, 0.29) is 30.2 Å². The third kappa shape index (κ3) is 5.96. The molecule has 4 amide bonds. The number of imide groups is 1. The zero-order valence-electron chi connectivity index (χ0n) is 24.4. The highest BCUT2D eigenvalue weighted by Crippen LogP contribution is 2.32. The Labute approximate surface area is 237 Å². The number of benzene rings is 1. The molecule has 0 spiro atoms. The summed E-state index contributed by atoms with van der Waals surface area (Å²) in [4.78, 5) is 57.9. The van der Waals surface area contributed by atoms with Crippen LogP contribution in [0.4, 0.5) is 10.5 Å². The van der Waals surface area contributed by atoms with Crippen LogP contribution >= 0.6 is 0 Å². The highest BCUT2D eigenvalue weighted by atomic mass is 16.6. The van der Waals surface area contributed by atoms with Crippen LogP contribution in [0.15, 0.2) is 18.2 Å². The molecule has 1 aromatic rings. The summed E-state index contributed by atoms with van der Waals surface area (Å²) in [6, 6.07) is 6.14. The summed E-state index contributed by atoms with van der Waals surface area (Å²) in [6.07, 6.45) is 2.39. The Balaban J connectivity index is 1.17. The molecule has 0 aliphatic carbocycles. The van der Waals surface area contributed by atoms with Gasteiger partial charge in [-0.15, -0.1) is 0 Å². The van der Waals surface area contributed by atoms with E-state index in [0.717, 1.165) is 56.8 Å². The van der Waals surface area contributed by atoms with Crippen molar-refractivity contribution in [1.29, 1.82) is 0 Å². The van der Waals surface area contributed by atoms with Gasteiger partial charge in [-0.2, -0.15) is 0 Å². The van der Waals surface area contributed by atoms with Gasteiger partial charge in [0.2, 0.25) is 11.8 Å². The van der Waals surface area contributed by atoms with E-state index in [1.54, 1.807) is 4.90 Å². The first-order valence-corrected chi connectivity index (χ1v) is 14.7. The average Bonchev–Trinajstić information content (AvgIpc) is 3.20. The maximum absolute atomic E-state index is 13.1. The molecule has 10 heteroatoms. The van der Waals surface area contributed by atoms with Gasteiger partial charge in [0, 0.05) is 69.0 Å². The number of anilines is 1. The van der Waals surface area contributed by atoms with Crippen molar-refractivity contribution in [2.24, 2.45) is 5.92 Å². The second kappa shape index (κ2) is 11.0. The van der Waals surface area contributed by atoms with Gasteiger partial charge in [-0.3, -0.25) is 24.6 Å². The molecule has 1 N–H and O–H groups in total. The van der Waals surface area contributed by atoms with Crippen LogP contribution < -0.4 is 10.2 Å². The molecule has 0 bridgehead atoms. The van der Waals surface area contributed by atoms with Crippen molar-refractivity contribution in [2.45, 2.75) is 90.6 Å². The maximum atomic E-state index is 13.1. The van der Waals surface area contributed by atoms with Crippen LogP contribution in [0.25, 0.3) is 0 Å². The number of likely N-dealkylation sites (tertiary alicyclic amines) is 1. The van der Waals surface area contributed by atoms with Crippen LogP contribution in [-0.2, 0) is 20.9 Å². The zero-order chi connectivity index (χ0) is 28.8. The molecule has 4 heterocycles. The molecule has 0 radical (unpaired) electrons. The number of carbonyl (C=O) groups is 4. The number of ether oxygens (including phenoxy) is 1. The van der Waals surface area contributed by atoms with E-state index in [4.69, 9.17) is 4.74 Å². The van der Waals surface area contributed by atoms with Crippen molar-refractivity contribution in [3.8, 4) is 0 Å². The Hall–Kier alpha value is -3.14. The van der Waals surface area contributed by atoms with Crippen molar-refractivity contribution in [3.63, 3.8) is 0 Å². The molecule has 10 nitrogen and oxygen atoms in total. The Morgan fingerprint density at radius 1 is 1.02 bits per heavy atom. The molecular weight excluding hydrogens is 510 g/mol. The van der Waals surface area contributed by atoms with E-state index in [1.165, 1.54) is 0 Å². The molecular formula is C30H43N5O5. The Kier molecular flexibility index (Phi) is 7.83. The van der Waals surface area contributed by atoms with Crippen LogP contribution in [0.3, 0.4) is 0 Å². The Morgan fingerprint density at radius 3 is 2.33 bits per heavy atom. The van der Waals surface area contributed by atoms with Crippen molar-refractivity contribution in [1.82, 2.24) is 20.0 Å². The second-order valence-electron chi connectivity index (χ2n) is 13.0. The third-order valence-electron chi connectivity index (χ3n) is 8.71. The molecule has 1 aromatic carbocycles. The summed E-state index contributed by atoms with van der Waals surface area (Å²) in [6.45, 7) is 14.9. The summed E-state index contributed by atoms with van der Waals surface area (Å²) in [5, 5.41) is 2.37. The van der Waals surface area contributed by atoms with E-state index in [2.05, 4.69) is 35.0 Å². The SMILES string of the molecule is CC1CN(c2ccc3c(c2)CN(C2CCC(=O)NC2=O)C3=O)CC(C)N1CC1CCN(C(=O)OC(C)(C)C)CC1. The molecule has 4 aliphatic heterocycles. The van der Waals surface area contributed by atoms with Crippen molar-refractivity contribution in [3.05, 3.63) is 29.3 Å². The first kappa shape index (κ1) is 28.4. The summed E-state index contributed by atoms with van der Waals surface area (Å²) in [5.74, 6) is -0.243. The first-order chi connectivity index (χ1) is 18.9. The third-order valence-corrected chi connectivity index (χ3v) is 8.71. The lowest BCUT2D eigenvalue weighted by Crippen LogP contribution is -2.58. The monoisotopic (exact) mass is 553 g/mol. The normalized spacial score (nSPS) is 26.7.